The number of hydrogen-bond acceptors (Lipinski definition) is 7. The van der Waals surface area contributed by atoms with E-state index in [1.807, 2.05) is 0 Å². The molecule has 0 saturated carbocycles. The average molecular weight is 388 g/mol. The van der Waals surface area contributed by atoms with Gasteiger partial charge in [0.2, 0.25) is 5.91 Å². The molecule has 3 heterocycles. The van der Waals surface area contributed by atoms with Crippen LogP contribution in [-0.2, 0) is 9.53 Å². The van der Waals surface area contributed by atoms with E-state index in [1.54, 1.807) is 12.1 Å². The molecule has 2 aliphatic heterocycles. The fourth-order valence-electron chi connectivity index (χ4n) is 3.46. The molecule has 28 heavy (non-hydrogen) atoms. The first kappa shape index (κ1) is 20.1. The molecule has 3 rings (SSSR count). The van der Waals surface area contributed by atoms with Crippen LogP contribution in [0.5, 0.6) is 0 Å². The van der Waals surface area contributed by atoms with Gasteiger partial charge in [-0.25, -0.2) is 4.98 Å². The van der Waals surface area contributed by atoms with Crippen molar-refractivity contribution in [2.24, 2.45) is 5.73 Å². The maximum atomic E-state index is 11.8. The summed E-state index contributed by atoms with van der Waals surface area (Å²) in [4.78, 5) is 32.3. The number of ether oxygens (including phenoxy) is 1. The van der Waals surface area contributed by atoms with Gasteiger partial charge in [0.25, 0.3) is 5.91 Å². The molecule has 1 atom stereocenters. The Morgan fingerprint density at radius 1 is 1.32 bits per heavy atom. The Balaban J connectivity index is 1.63. The lowest BCUT2D eigenvalue weighted by Gasteiger charge is -2.26. The van der Waals surface area contributed by atoms with E-state index in [4.69, 9.17) is 10.5 Å². The summed E-state index contributed by atoms with van der Waals surface area (Å²) in [6.45, 7) is 9.73. The Morgan fingerprint density at radius 2 is 2.11 bits per heavy atom. The van der Waals surface area contributed by atoms with Crippen LogP contribution in [-0.4, -0.2) is 80.2 Å². The number of carbonyl (C=O) groups is 2. The number of pyridine rings is 1. The second kappa shape index (κ2) is 9.52. The lowest BCUT2D eigenvalue weighted by atomic mass is 10.2. The number of nitrogens with two attached hydrogens (primary N) is 1. The number of morpholine rings is 1. The SMILES string of the molecule is C=CC(=O)NC1CCN(c2ccc(C(N)=O)c(NCCN3CCOCC3)n2)C1. The summed E-state index contributed by atoms with van der Waals surface area (Å²) in [6.07, 6.45) is 2.11. The van der Waals surface area contributed by atoms with E-state index in [2.05, 4.69) is 32.0 Å². The highest BCUT2D eigenvalue weighted by molar-refractivity contribution is 5.97. The molecule has 2 fully saturated rings. The molecule has 9 nitrogen and oxygen atoms in total. The summed E-state index contributed by atoms with van der Waals surface area (Å²) in [7, 11) is 0. The van der Waals surface area contributed by atoms with Crippen LogP contribution in [0.4, 0.5) is 11.6 Å². The first-order chi connectivity index (χ1) is 13.6. The Kier molecular flexibility index (Phi) is 6.83. The van der Waals surface area contributed by atoms with Crippen LogP contribution in [0.25, 0.3) is 0 Å². The zero-order valence-electron chi connectivity index (χ0n) is 16.0. The van der Waals surface area contributed by atoms with Crippen molar-refractivity contribution in [2.45, 2.75) is 12.5 Å². The minimum atomic E-state index is -0.509. The van der Waals surface area contributed by atoms with Crippen molar-refractivity contribution in [2.75, 3.05) is 62.7 Å². The zero-order valence-corrected chi connectivity index (χ0v) is 16.0. The van der Waals surface area contributed by atoms with Gasteiger partial charge in [0.1, 0.15) is 11.6 Å². The van der Waals surface area contributed by atoms with Gasteiger partial charge in [-0.2, -0.15) is 0 Å². The molecule has 0 aliphatic carbocycles. The number of nitrogens with zero attached hydrogens (tertiary/aromatic N) is 3. The van der Waals surface area contributed by atoms with Crippen LogP contribution < -0.4 is 21.3 Å². The number of carbonyl (C=O) groups excluding carboxylic acids is 2. The van der Waals surface area contributed by atoms with Crippen LogP contribution >= 0.6 is 0 Å². The molecule has 1 aromatic rings. The van der Waals surface area contributed by atoms with E-state index in [0.29, 0.717) is 24.5 Å². The first-order valence-corrected chi connectivity index (χ1v) is 9.59. The van der Waals surface area contributed by atoms with Gasteiger partial charge in [-0.1, -0.05) is 6.58 Å². The van der Waals surface area contributed by atoms with Crippen molar-refractivity contribution in [1.29, 1.82) is 0 Å². The Morgan fingerprint density at radius 3 is 2.82 bits per heavy atom. The molecule has 0 bridgehead atoms. The lowest BCUT2D eigenvalue weighted by Crippen LogP contribution is -2.39. The number of primary amides is 1. The minimum absolute atomic E-state index is 0.0563. The molecule has 1 unspecified atom stereocenters. The van der Waals surface area contributed by atoms with Crippen LogP contribution in [0.1, 0.15) is 16.8 Å². The number of rotatable bonds is 8. The van der Waals surface area contributed by atoms with Crippen LogP contribution in [0.3, 0.4) is 0 Å². The van der Waals surface area contributed by atoms with E-state index in [1.165, 1.54) is 6.08 Å². The third-order valence-electron chi connectivity index (χ3n) is 5.01. The zero-order chi connectivity index (χ0) is 19.9. The molecule has 152 valence electrons. The highest BCUT2D eigenvalue weighted by Crippen LogP contribution is 2.22. The summed E-state index contributed by atoms with van der Waals surface area (Å²) < 4.78 is 5.35. The fraction of sp³-hybridized carbons (Fsp3) is 0.526. The highest BCUT2D eigenvalue weighted by Gasteiger charge is 2.25. The number of nitrogens with one attached hydrogen (secondary N) is 2. The second-order valence-corrected chi connectivity index (χ2v) is 6.95. The quantitative estimate of drug-likeness (QED) is 0.529. The van der Waals surface area contributed by atoms with Gasteiger partial charge < -0.3 is 26.0 Å². The van der Waals surface area contributed by atoms with Crippen molar-refractivity contribution in [1.82, 2.24) is 15.2 Å². The van der Waals surface area contributed by atoms with Crippen molar-refractivity contribution in [3.8, 4) is 0 Å². The first-order valence-electron chi connectivity index (χ1n) is 9.59. The lowest BCUT2D eigenvalue weighted by molar-refractivity contribution is -0.117. The Bertz CT molecular complexity index is 720. The second-order valence-electron chi connectivity index (χ2n) is 6.95. The molecular formula is C19H28N6O3. The molecule has 9 heteroatoms. The summed E-state index contributed by atoms with van der Waals surface area (Å²) in [5, 5.41) is 6.17. The van der Waals surface area contributed by atoms with E-state index < -0.39 is 5.91 Å². The van der Waals surface area contributed by atoms with Gasteiger partial charge in [-0.15, -0.1) is 0 Å². The summed E-state index contributed by atoms with van der Waals surface area (Å²) in [6, 6.07) is 3.56. The number of amides is 2. The van der Waals surface area contributed by atoms with E-state index in [-0.39, 0.29) is 11.9 Å². The van der Waals surface area contributed by atoms with Gasteiger partial charge in [-0.05, 0) is 24.6 Å². The fourth-order valence-corrected chi connectivity index (χ4v) is 3.46. The summed E-state index contributed by atoms with van der Waals surface area (Å²) in [5.74, 6) is 0.575. The van der Waals surface area contributed by atoms with E-state index in [0.717, 1.165) is 51.6 Å². The van der Waals surface area contributed by atoms with Gasteiger partial charge in [0.15, 0.2) is 0 Å². The maximum Gasteiger partial charge on any atom is 0.252 e. The predicted molar refractivity (Wildman–Crippen MR) is 107 cm³/mol. The molecule has 0 spiro atoms. The third kappa shape index (κ3) is 5.20. The van der Waals surface area contributed by atoms with Gasteiger partial charge in [0, 0.05) is 45.3 Å². The third-order valence-corrected chi connectivity index (χ3v) is 5.01. The van der Waals surface area contributed by atoms with Gasteiger partial charge >= 0.3 is 0 Å². The molecule has 2 aliphatic rings. The molecule has 0 aromatic carbocycles. The molecular weight excluding hydrogens is 360 g/mol. The van der Waals surface area contributed by atoms with E-state index >= 15 is 0 Å². The molecule has 4 N–H and O–H groups in total. The van der Waals surface area contributed by atoms with Gasteiger partial charge in [0.05, 0.1) is 18.8 Å². The summed E-state index contributed by atoms with van der Waals surface area (Å²) in [5.41, 5.74) is 5.88. The largest absolute Gasteiger partial charge is 0.379 e. The van der Waals surface area contributed by atoms with Crippen LogP contribution in [0.15, 0.2) is 24.8 Å². The molecule has 2 amide bonds. The number of anilines is 2. The topological polar surface area (TPSA) is 113 Å². The molecule has 2 saturated heterocycles. The summed E-state index contributed by atoms with van der Waals surface area (Å²) >= 11 is 0. The molecule has 0 radical (unpaired) electrons. The minimum Gasteiger partial charge on any atom is -0.379 e. The Hall–Kier alpha value is -2.65. The molecule has 1 aromatic heterocycles. The van der Waals surface area contributed by atoms with Crippen molar-refractivity contribution < 1.29 is 14.3 Å². The highest BCUT2D eigenvalue weighted by atomic mass is 16.5. The Labute approximate surface area is 164 Å². The number of hydrogen-bond donors (Lipinski definition) is 3. The maximum absolute atomic E-state index is 11.8. The van der Waals surface area contributed by atoms with Gasteiger partial charge in [-0.3, -0.25) is 14.5 Å². The predicted octanol–water partition coefficient (Wildman–Crippen LogP) is -0.194. The standard InChI is InChI=1S/C19H28N6O3/c1-2-17(26)22-14-5-7-25(13-14)16-4-3-15(18(20)27)19(23-16)21-6-8-24-9-11-28-12-10-24/h2-4,14H,1,5-13H2,(H2,20,27)(H,21,23)(H,22,26). The van der Waals surface area contributed by atoms with E-state index in [9.17, 15) is 9.59 Å². The van der Waals surface area contributed by atoms with Crippen LogP contribution in [0, 0.1) is 0 Å². The van der Waals surface area contributed by atoms with Crippen LogP contribution in [0.2, 0.25) is 0 Å². The normalized spacial score (nSPS) is 20.0. The van der Waals surface area contributed by atoms with Crippen molar-refractivity contribution >= 4 is 23.5 Å². The monoisotopic (exact) mass is 388 g/mol. The average Bonchev–Trinajstić information content (AvgIpc) is 3.17. The smallest absolute Gasteiger partial charge is 0.252 e. The van der Waals surface area contributed by atoms with Crippen molar-refractivity contribution in [3.63, 3.8) is 0 Å². The number of aromatic nitrogens is 1. The van der Waals surface area contributed by atoms with Crippen molar-refractivity contribution in [3.05, 3.63) is 30.4 Å².